The first kappa shape index (κ1) is 20.4. The summed E-state index contributed by atoms with van der Waals surface area (Å²) in [6.45, 7) is 8.90. The molecule has 0 aliphatic rings. The Kier molecular flexibility index (Phi) is 6.74. The fraction of sp³-hybridized carbons (Fsp3) is 0.444. The van der Waals surface area contributed by atoms with Gasteiger partial charge in [0.15, 0.2) is 11.0 Å². The minimum Gasteiger partial charge on any atom is -0.302 e. The largest absolute Gasteiger partial charge is 0.302 e. The van der Waals surface area contributed by atoms with E-state index >= 15 is 0 Å². The molecule has 1 atom stereocenters. The fourth-order valence-corrected chi connectivity index (χ4v) is 4.03. The highest BCUT2D eigenvalue weighted by molar-refractivity contribution is 8.00. The van der Waals surface area contributed by atoms with Gasteiger partial charge in [-0.25, -0.2) is 0 Å². The molecule has 0 radical (unpaired) electrons. The number of thioether (sulfide) groups is 1. The maximum absolute atomic E-state index is 12.6. The Morgan fingerprint density at radius 2 is 1.93 bits per heavy atom. The van der Waals surface area contributed by atoms with Gasteiger partial charge in [0, 0.05) is 24.5 Å². The number of carbonyl (C=O) groups is 1. The van der Waals surface area contributed by atoms with Crippen molar-refractivity contribution in [2.45, 2.75) is 51.1 Å². The summed E-state index contributed by atoms with van der Waals surface area (Å²) in [7, 11) is 0. The molecule has 0 saturated heterocycles. The maximum Gasteiger partial charge on any atom is 0.239 e. The van der Waals surface area contributed by atoms with Gasteiger partial charge in [-0.1, -0.05) is 43.9 Å². The Morgan fingerprint density at radius 3 is 2.57 bits per heavy atom. The molecule has 148 valence electrons. The molecule has 0 spiro atoms. The minimum atomic E-state index is -0.352. The highest BCUT2D eigenvalue weighted by Crippen LogP contribution is 2.28. The summed E-state index contributed by atoms with van der Waals surface area (Å²) in [6, 6.07) is 3.82. The van der Waals surface area contributed by atoms with Gasteiger partial charge >= 0.3 is 0 Å². The van der Waals surface area contributed by atoms with Crippen molar-refractivity contribution in [1.29, 1.82) is 0 Å². The molecule has 10 heteroatoms. The van der Waals surface area contributed by atoms with Crippen molar-refractivity contribution in [3.05, 3.63) is 29.5 Å². The molecule has 0 unspecified atom stereocenters. The summed E-state index contributed by atoms with van der Waals surface area (Å²) in [5, 5.41) is 21.4. The van der Waals surface area contributed by atoms with Crippen LogP contribution in [0.2, 0.25) is 0 Å². The van der Waals surface area contributed by atoms with Crippen LogP contribution in [0.5, 0.6) is 0 Å². The molecule has 0 aromatic carbocycles. The van der Waals surface area contributed by atoms with Crippen LogP contribution in [-0.2, 0) is 17.8 Å². The van der Waals surface area contributed by atoms with Crippen LogP contribution < -0.4 is 5.32 Å². The lowest BCUT2D eigenvalue weighted by molar-refractivity contribution is -0.115. The van der Waals surface area contributed by atoms with E-state index in [1.54, 1.807) is 12.4 Å². The lowest BCUT2D eigenvalue weighted by Crippen LogP contribution is -2.23. The molecule has 3 aromatic heterocycles. The van der Waals surface area contributed by atoms with Gasteiger partial charge in [0.2, 0.25) is 11.0 Å². The number of aromatic nitrogens is 6. The van der Waals surface area contributed by atoms with Crippen LogP contribution in [0.4, 0.5) is 5.13 Å². The van der Waals surface area contributed by atoms with Crippen molar-refractivity contribution >= 4 is 34.1 Å². The molecule has 0 aliphatic carbocycles. The zero-order valence-electron chi connectivity index (χ0n) is 16.3. The van der Waals surface area contributed by atoms with Gasteiger partial charge in [-0.15, -0.1) is 20.4 Å². The second kappa shape index (κ2) is 9.24. The van der Waals surface area contributed by atoms with Crippen LogP contribution >= 0.6 is 23.1 Å². The lowest BCUT2D eigenvalue weighted by Gasteiger charge is -2.14. The summed E-state index contributed by atoms with van der Waals surface area (Å²) >= 11 is 2.78. The molecular weight excluding hydrogens is 394 g/mol. The Labute approximate surface area is 172 Å². The molecule has 0 fully saturated rings. The van der Waals surface area contributed by atoms with Crippen molar-refractivity contribution in [3.8, 4) is 11.4 Å². The van der Waals surface area contributed by atoms with Crippen LogP contribution in [0.1, 0.15) is 32.7 Å². The Balaban J connectivity index is 1.77. The number of anilines is 1. The number of rotatable bonds is 8. The molecule has 3 aromatic rings. The monoisotopic (exact) mass is 417 g/mol. The average Bonchev–Trinajstić information content (AvgIpc) is 3.29. The van der Waals surface area contributed by atoms with E-state index in [4.69, 9.17) is 0 Å². The summed E-state index contributed by atoms with van der Waals surface area (Å²) < 4.78 is 2.06. The summed E-state index contributed by atoms with van der Waals surface area (Å²) in [6.07, 6.45) is 4.27. The van der Waals surface area contributed by atoms with Gasteiger partial charge in [0.05, 0.1) is 5.25 Å². The maximum atomic E-state index is 12.6. The number of carbonyl (C=O) groups excluding carboxylic acids is 1. The third-order valence-electron chi connectivity index (χ3n) is 3.85. The van der Waals surface area contributed by atoms with Gasteiger partial charge in [0.1, 0.15) is 5.01 Å². The van der Waals surface area contributed by atoms with Gasteiger partial charge in [0.25, 0.3) is 0 Å². The lowest BCUT2D eigenvalue weighted by atomic mass is 10.2. The molecule has 1 amide bonds. The van der Waals surface area contributed by atoms with Gasteiger partial charge in [-0.2, -0.15) is 0 Å². The van der Waals surface area contributed by atoms with Crippen molar-refractivity contribution < 1.29 is 4.79 Å². The quantitative estimate of drug-likeness (QED) is 0.560. The average molecular weight is 418 g/mol. The van der Waals surface area contributed by atoms with E-state index < -0.39 is 0 Å². The van der Waals surface area contributed by atoms with Crippen LogP contribution in [0.3, 0.4) is 0 Å². The van der Waals surface area contributed by atoms with E-state index in [-0.39, 0.29) is 11.2 Å². The second-order valence-corrected chi connectivity index (χ2v) is 9.02. The molecular formula is C18H23N7OS2. The molecule has 0 saturated carbocycles. The summed E-state index contributed by atoms with van der Waals surface area (Å²) in [5.41, 5.74) is 0.952. The third kappa shape index (κ3) is 4.93. The molecule has 0 aliphatic heterocycles. The van der Waals surface area contributed by atoms with Crippen LogP contribution in [0, 0.1) is 5.92 Å². The predicted molar refractivity (Wildman–Crippen MR) is 111 cm³/mol. The van der Waals surface area contributed by atoms with E-state index in [9.17, 15) is 4.79 Å². The van der Waals surface area contributed by atoms with Crippen molar-refractivity contribution in [2.24, 2.45) is 5.92 Å². The highest BCUT2D eigenvalue weighted by Gasteiger charge is 2.22. The van der Waals surface area contributed by atoms with E-state index in [2.05, 4.69) is 49.1 Å². The van der Waals surface area contributed by atoms with E-state index in [1.165, 1.54) is 23.1 Å². The molecule has 3 rings (SSSR count). The number of nitrogens with one attached hydrogen (secondary N) is 1. The summed E-state index contributed by atoms with van der Waals surface area (Å²) in [4.78, 5) is 16.6. The van der Waals surface area contributed by atoms with Gasteiger partial charge < -0.3 is 4.57 Å². The fourth-order valence-electron chi connectivity index (χ4n) is 2.49. The van der Waals surface area contributed by atoms with Gasteiger partial charge in [-0.05, 0) is 31.4 Å². The number of hydrogen-bond acceptors (Lipinski definition) is 8. The first-order valence-electron chi connectivity index (χ1n) is 9.11. The Hall–Kier alpha value is -2.33. The minimum absolute atomic E-state index is 0.131. The first-order chi connectivity index (χ1) is 13.5. The Bertz CT molecular complexity index is 923. The van der Waals surface area contributed by atoms with Crippen molar-refractivity contribution in [1.82, 2.24) is 29.9 Å². The first-order valence-corrected chi connectivity index (χ1v) is 10.8. The topological polar surface area (TPSA) is 98.5 Å². The van der Waals surface area contributed by atoms with Crippen LogP contribution in [-0.4, -0.2) is 41.1 Å². The zero-order valence-corrected chi connectivity index (χ0v) is 17.9. The third-order valence-corrected chi connectivity index (χ3v) is 5.92. The summed E-state index contributed by atoms with van der Waals surface area (Å²) in [5.74, 6) is 1.06. The standard InChI is InChI=1S/C18H23N7OS2/c1-5-14-21-23-17(28-14)20-16(26)12(4)27-18-24-22-15(25(18)10-11(2)3)13-6-8-19-9-7-13/h6-9,11-12H,5,10H2,1-4H3,(H,20,23,26)/t12-/m1/s1. The van der Waals surface area contributed by atoms with E-state index in [1.807, 2.05) is 26.0 Å². The number of hydrogen-bond donors (Lipinski definition) is 1. The van der Waals surface area contributed by atoms with E-state index in [0.717, 1.165) is 34.5 Å². The smallest absolute Gasteiger partial charge is 0.239 e. The predicted octanol–water partition coefficient (Wildman–Crippen LogP) is 3.53. The van der Waals surface area contributed by atoms with Crippen molar-refractivity contribution in [2.75, 3.05) is 5.32 Å². The normalized spacial score (nSPS) is 12.3. The second-order valence-electron chi connectivity index (χ2n) is 6.65. The highest BCUT2D eigenvalue weighted by atomic mass is 32.2. The number of amides is 1. The van der Waals surface area contributed by atoms with E-state index in [0.29, 0.717) is 11.0 Å². The number of aryl methyl sites for hydroxylation is 1. The van der Waals surface area contributed by atoms with Crippen molar-refractivity contribution in [3.63, 3.8) is 0 Å². The molecule has 0 bridgehead atoms. The molecule has 3 heterocycles. The van der Waals surface area contributed by atoms with Gasteiger partial charge in [-0.3, -0.25) is 15.1 Å². The number of pyridine rings is 1. The van der Waals surface area contributed by atoms with Crippen LogP contribution in [0.25, 0.3) is 11.4 Å². The zero-order chi connectivity index (χ0) is 20.1. The van der Waals surface area contributed by atoms with Crippen LogP contribution in [0.15, 0.2) is 29.7 Å². The molecule has 8 nitrogen and oxygen atoms in total. The molecule has 28 heavy (non-hydrogen) atoms. The Morgan fingerprint density at radius 1 is 1.18 bits per heavy atom. The molecule has 1 N–H and O–H groups in total. The SMILES string of the molecule is CCc1nnc(NC(=O)[C@@H](C)Sc2nnc(-c3ccncc3)n2CC(C)C)s1. The number of nitrogens with zero attached hydrogens (tertiary/aromatic N) is 6.